The first-order chi connectivity index (χ1) is 12.6. The zero-order valence-corrected chi connectivity index (χ0v) is 18.8. The lowest BCUT2D eigenvalue weighted by Gasteiger charge is -2.25. The van der Waals surface area contributed by atoms with E-state index in [0.29, 0.717) is 6.42 Å². The maximum atomic E-state index is 11.9. The summed E-state index contributed by atoms with van der Waals surface area (Å²) in [6, 6.07) is 0. The summed E-state index contributed by atoms with van der Waals surface area (Å²) in [6.45, 7) is 4.99. The summed E-state index contributed by atoms with van der Waals surface area (Å²) in [5.41, 5.74) is 0. The van der Waals surface area contributed by atoms with Gasteiger partial charge in [-0.2, -0.15) is 0 Å². The van der Waals surface area contributed by atoms with Gasteiger partial charge in [0.1, 0.15) is 0 Å². The molecule has 5 heteroatoms. The first-order valence-corrected chi connectivity index (χ1v) is 11.0. The van der Waals surface area contributed by atoms with Gasteiger partial charge >= 0.3 is 5.97 Å². The average molecular weight is 403 g/mol. The van der Waals surface area contributed by atoms with E-state index in [1.165, 1.54) is 70.6 Å². The lowest BCUT2D eigenvalue weighted by Crippen LogP contribution is -2.34. The SMILES string of the molecule is CCCCCCCCCCCCCCCC(=O)OC(C)N1C=CN(C)C1.Cl. The molecule has 1 heterocycles. The zero-order valence-electron chi connectivity index (χ0n) is 18.0. The Hall–Kier alpha value is -0.900. The van der Waals surface area contributed by atoms with Crippen molar-refractivity contribution in [2.45, 2.75) is 110 Å². The Morgan fingerprint density at radius 3 is 1.81 bits per heavy atom. The summed E-state index contributed by atoms with van der Waals surface area (Å²) < 4.78 is 5.50. The second-order valence-electron chi connectivity index (χ2n) is 7.79. The van der Waals surface area contributed by atoms with Crippen LogP contribution in [0.2, 0.25) is 0 Å². The van der Waals surface area contributed by atoms with Crippen LogP contribution in [0.1, 0.15) is 104 Å². The topological polar surface area (TPSA) is 32.8 Å². The first-order valence-electron chi connectivity index (χ1n) is 11.0. The van der Waals surface area contributed by atoms with Gasteiger partial charge < -0.3 is 14.5 Å². The number of nitrogens with zero attached hydrogens (tertiary/aromatic N) is 2. The molecule has 1 rings (SSSR count). The third-order valence-corrected chi connectivity index (χ3v) is 5.15. The fraction of sp³-hybridized carbons (Fsp3) is 0.864. The molecule has 0 saturated carbocycles. The Bertz CT molecular complexity index is 391. The molecule has 0 aliphatic carbocycles. The molecule has 0 aromatic carbocycles. The number of carbonyl (C=O) groups excluding carboxylic acids is 1. The maximum Gasteiger partial charge on any atom is 0.307 e. The van der Waals surface area contributed by atoms with Crippen molar-refractivity contribution in [1.82, 2.24) is 9.80 Å². The molecular formula is C22H43ClN2O2. The highest BCUT2D eigenvalue weighted by atomic mass is 35.5. The van der Waals surface area contributed by atoms with Crippen LogP contribution in [0.5, 0.6) is 0 Å². The molecule has 0 amide bonds. The minimum atomic E-state index is -0.175. The predicted molar refractivity (Wildman–Crippen MR) is 117 cm³/mol. The van der Waals surface area contributed by atoms with Gasteiger partial charge in [0.2, 0.25) is 0 Å². The smallest absolute Gasteiger partial charge is 0.307 e. The minimum Gasteiger partial charge on any atom is -0.442 e. The molecule has 0 spiro atoms. The lowest BCUT2D eigenvalue weighted by atomic mass is 10.0. The molecule has 0 N–H and O–H groups in total. The summed E-state index contributed by atoms with van der Waals surface area (Å²) in [5.74, 6) is -0.0662. The van der Waals surface area contributed by atoms with Gasteiger partial charge in [0.25, 0.3) is 0 Å². The van der Waals surface area contributed by atoms with E-state index in [2.05, 4.69) is 11.8 Å². The summed E-state index contributed by atoms with van der Waals surface area (Å²) >= 11 is 0. The van der Waals surface area contributed by atoms with E-state index in [4.69, 9.17) is 4.74 Å². The second kappa shape index (κ2) is 17.2. The fourth-order valence-electron chi connectivity index (χ4n) is 3.39. The minimum absolute atomic E-state index is 0. The van der Waals surface area contributed by atoms with Crippen LogP contribution < -0.4 is 0 Å². The van der Waals surface area contributed by atoms with Crippen molar-refractivity contribution in [3.05, 3.63) is 12.4 Å². The zero-order chi connectivity index (χ0) is 19.0. The number of esters is 1. The van der Waals surface area contributed by atoms with E-state index in [0.717, 1.165) is 19.5 Å². The Morgan fingerprint density at radius 1 is 0.889 bits per heavy atom. The molecule has 1 aliphatic rings. The van der Waals surface area contributed by atoms with E-state index in [9.17, 15) is 4.79 Å². The molecule has 0 radical (unpaired) electrons. The van der Waals surface area contributed by atoms with E-state index >= 15 is 0 Å². The summed E-state index contributed by atoms with van der Waals surface area (Å²) in [4.78, 5) is 16.0. The van der Waals surface area contributed by atoms with Crippen molar-refractivity contribution in [1.29, 1.82) is 0 Å². The number of hydrogen-bond donors (Lipinski definition) is 0. The van der Waals surface area contributed by atoms with E-state index in [-0.39, 0.29) is 24.6 Å². The van der Waals surface area contributed by atoms with Crippen molar-refractivity contribution in [3.8, 4) is 0 Å². The van der Waals surface area contributed by atoms with E-state index in [1.54, 1.807) is 0 Å². The number of hydrogen-bond acceptors (Lipinski definition) is 4. The van der Waals surface area contributed by atoms with E-state index < -0.39 is 0 Å². The quantitative estimate of drug-likeness (QED) is 0.219. The third kappa shape index (κ3) is 13.8. The third-order valence-electron chi connectivity index (χ3n) is 5.15. The van der Waals surface area contributed by atoms with Gasteiger partial charge in [-0.25, -0.2) is 0 Å². The Kier molecular flexibility index (Phi) is 16.6. The van der Waals surface area contributed by atoms with Crippen LogP contribution in [0.15, 0.2) is 12.4 Å². The molecule has 160 valence electrons. The maximum absolute atomic E-state index is 11.9. The van der Waals surface area contributed by atoms with Crippen LogP contribution in [0.4, 0.5) is 0 Å². The molecule has 0 bridgehead atoms. The molecule has 0 fully saturated rings. The van der Waals surface area contributed by atoms with Crippen LogP contribution in [0.3, 0.4) is 0 Å². The highest BCUT2D eigenvalue weighted by Crippen LogP contribution is 2.14. The highest BCUT2D eigenvalue weighted by Gasteiger charge is 2.18. The van der Waals surface area contributed by atoms with Crippen LogP contribution in [0, 0.1) is 0 Å². The van der Waals surface area contributed by atoms with Crippen molar-refractivity contribution in [3.63, 3.8) is 0 Å². The number of ether oxygens (including phenoxy) is 1. The van der Waals surface area contributed by atoms with Gasteiger partial charge in [0.15, 0.2) is 6.23 Å². The van der Waals surface area contributed by atoms with Gasteiger partial charge in [-0.1, -0.05) is 84.0 Å². The summed E-state index contributed by atoms with van der Waals surface area (Å²) in [7, 11) is 2.01. The van der Waals surface area contributed by atoms with Crippen LogP contribution in [-0.2, 0) is 9.53 Å². The Labute approximate surface area is 174 Å². The lowest BCUT2D eigenvalue weighted by molar-refractivity contribution is -0.155. The number of unbranched alkanes of at least 4 members (excludes halogenated alkanes) is 12. The standard InChI is InChI=1S/C22H42N2O2.ClH/c1-4-5-6-7-8-9-10-11-12-13-14-15-16-17-22(25)26-21(2)24-19-18-23(3)20-24;/h18-19,21H,4-17,20H2,1-3H3;1H. The summed E-state index contributed by atoms with van der Waals surface area (Å²) in [6.07, 6.45) is 21.6. The second-order valence-corrected chi connectivity index (χ2v) is 7.79. The van der Waals surface area contributed by atoms with Crippen molar-refractivity contribution in [2.75, 3.05) is 13.7 Å². The Morgan fingerprint density at radius 2 is 1.37 bits per heavy atom. The molecule has 1 atom stereocenters. The fourth-order valence-corrected chi connectivity index (χ4v) is 3.39. The number of rotatable bonds is 16. The highest BCUT2D eigenvalue weighted by molar-refractivity contribution is 5.85. The molecule has 0 aromatic heterocycles. The van der Waals surface area contributed by atoms with Crippen LogP contribution >= 0.6 is 12.4 Å². The molecule has 27 heavy (non-hydrogen) atoms. The molecule has 0 aromatic rings. The van der Waals surface area contributed by atoms with Gasteiger partial charge in [-0.3, -0.25) is 4.79 Å². The largest absolute Gasteiger partial charge is 0.442 e. The predicted octanol–water partition coefficient (Wildman–Crippen LogP) is 6.45. The molecular weight excluding hydrogens is 360 g/mol. The van der Waals surface area contributed by atoms with Crippen molar-refractivity contribution >= 4 is 18.4 Å². The molecule has 0 saturated heterocycles. The first kappa shape index (κ1) is 26.1. The van der Waals surface area contributed by atoms with E-state index in [1.807, 2.05) is 31.3 Å². The monoisotopic (exact) mass is 402 g/mol. The van der Waals surface area contributed by atoms with Gasteiger partial charge in [-0.05, 0) is 13.3 Å². The van der Waals surface area contributed by atoms with Crippen molar-refractivity contribution in [2.24, 2.45) is 0 Å². The molecule has 1 aliphatic heterocycles. The molecule has 4 nitrogen and oxygen atoms in total. The number of halogens is 1. The average Bonchev–Trinajstić information content (AvgIpc) is 3.05. The van der Waals surface area contributed by atoms with Crippen LogP contribution in [-0.4, -0.2) is 35.7 Å². The van der Waals surface area contributed by atoms with Gasteiger partial charge in [-0.15, -0.1) is 12.4 Å². The van der Waals surface area contributed by atoms with Crippen molar-refractivity contribution < 1.29 is 9.53 Å². The normalized spacial score (nSPS) is 14.3. The summed E-state index contributed by atoms with van der Waals surface area (Å²) in [5, 5.41) is 0. The molecule has 1 unspecified atom stereocenters. The number of carbonyl (C=O) groups is 1. The Balaban J connectivity index is 0.00000676. The van der Waals surface area contributed by atoms with Crippen LogP contribution in [0.25, 0.3) is 0 Å². The van der Waals surface area contributed by atoms with Gasteiger partial charge in [0.05, 0.1) is 6.67 Å². The van der Waals surface area contributed by atoms with Gasteiger partial charge in [0, 0.05) is 25.9 Å².